The fourth-order valence-electron chi connectivity index (χ4n) is 2.18. The molecule has 1 amide bonds. The van der Waals surface area contributed by atoms with Crippen LogP contribution in [-0.4, -0.2) is 40.0 Å². The molecule has 0 unspecified atom stereocenters. The van der Waals surface area contributed by atoms with Crippen molar-refractivity contribution in [3.8, 4) is 0 Å². The summed E-state index contributed by atoms with van der Waals surface area (Å²) in [6.45, 7) is 8.19. The van der Waals surface area contributed by atoms with Crippen LogP contribution in [0.1, 0.15) is 41.1 Å². The standard InChI is InChI=1S/C15H23N5O2S/c1-9-11(16-10(2)23-9)7-12(21)18-15(3,4)14-17-13(22-19-14)8-20(5)6/h7-8H2,1-6H3,(H,18,21). The van der Waals surface area contributed by atoms with Crippen LogP contribution in [0.5, 0.6) is 0 Å². The van der Waals surface area contributed by atoms with Crippen molar-refractivity contribution in [3.05, 3.63) is 27.3 Å². The summed E-state index contributed by atoms with van der Waals surface area (Å²) >= 11 is 1.60. The van der Waals surface area contributed by atoms with E-state index in [4.69, 9.17) is 4.52 Å². The molecule has 8 heteroatoms. The van der Waals surface area contributed by atoms with Crippen LogP contribution in [0.4, 0.5) is 0 Å². The zero-order chi connectivity index (χ0) is 17.2. The van der Waals surface area contributed by atoms with E-state index >= 15 is 0 Å². The second-order valence-corrected chi connectivity index (χ2v) is 7.74. The molecule has 0 aliphatic rings. The van der Waals surface area contributed by atoms with Crippen LogP contribution in [-0.2, 0) is 23.3 Å². The predicted molar refractivity (Wildman–Crippen MR) is 88.1 cm³/mol. The molecule has 0 radical (unpaired) electrons. The lowest BCUT2D eigenvalue weighted by atomic mass is 10.0. The smallest absolute Gasteiger partial charge is 0.240 e. The summed E-state index contributed by atoms with van der Waals surface area (Å²) in [7, 11) is 3.85. The summed E-state index contributed by atoms with van der Waals surface area (Å²) < 4.78 is 5.22. The highest BCUT2D eigenvalue weighted by molar-refractivity contribution is 7.11. The Morgan fingerprint density at radius 3 is 2.57 bits per heavy atom. The molecule has 126 valence electrons. The second-order valence-electron chi connectivity index (χ2n) is 6.34. The minimum atomic E-state index is -0.704. The van der Waals surface area contributed by atoms with E-state index in [1.165, 1.54) is 0 Å². The first-order chi connectivity index (χ1) is 10.7. The first-order valence-electron chi connectivity index (χ1n) is 7.39. The minimum absolute atomic E-state index is 0.109. The van der Waals surface area contributed by atoms with Crippen molar-refractivity contribution < 1.29 is 9.32 Å². The van der Waals surface area contributed by atoms with Gasteiger partial charge in [-0.05, 0) is 41.8 Å². The molecule has 23 heavy (non-hydrogen) atoms. The van der Waals surface area contributed by atoms with Crippen LogP contribution in [0.3, 0.4) is 0 Å². The number of thiazole rings is 1. The molecule has 1 N–H and O–H groups in total. The van der Waals surface area contributed by atoms with E-state index < -0.39 is 5.54 Å². The Morgan fingerprint density at radius 1 is 1.30 bits per heavy atom. The van der Waals surface area contributed by atoms with Crippen LogP contribution in [0.15, 0.2) is 4.52 Å². The molecule has 0 aliphatic carbocycles. The quantitative estimate of drug-likeness (QED) is 0.865. The summed E-state index contributed by atoms with van der Waals surface area (Å²) in [5.41, 5.74) is 0.117. The lowest BCUT2D eigenvalue weighted by Crippen LogP contribution is -2.42. The molecule has 0 saturated carbocycles. The van der Waals surface area contributed by atoms with Gasteiger partial charge in [-0.15, -0.1) is 11.3 Å². The van der Waals surface area contributed by atoms with Gasteiger partial charge in [0.05, 0.1) is 29.2 Å². The molecule has 0 bridgehead atoms. The summed E-state index contributed by atoms with van der Waals surface area (Å²) in [6.07, 6.45) is 0.252. The Hall–Kier alpha value is -1.80. The molecule has 2 aromatic heterocycles. The molecule has 0 aliphatic heterocycles. The highest BCUT2D eigenvalue weighted by Gasteiger charge is 2.29. The van der Waals surface area contributed by atoms with Gasteiger partial charge in [0, 0.05) is 4.88 Å². The first kappa shape index (κ1) is 17.6. The molecule has 0 aromatic carbocycles. The number of carbonyl (C=O) groups excluding carboxylic acids is 1. The maximum atomic E-state index is 12.3. The average molecular weight is 337 g/mol. The third-order valence-corrected chi connectivity index (χ3v) is 4.19. The zero-order valence-electron chi connectivity index (χ0n) is 14.4. The summed E-state index contributed by atoms with van der Waals surface area (Å²) in [5, 5.41) is 7.90. The lowest BCUT2D eigenvalue weighted by molar-refractivity contribution is -0.122. The predicted octanol–water partition coefficient (Wildman–Crippen LogP) is 1.80. The molecule has 0 saturated heterocycles. The van der Waals surface area contributed by atoms with Crippen LogP contribution in [0.2, 0.25) is 0 Å². The number of rotatable bonds is 6. The maximum absolute atomic E-state index is 12.3. The number of amides is 1. The van der Waals surface area contributed by atoms with Crippen molar-refractivity contribution in [1.29, 1.82) is 0 Å². The van der Waals surface area contributed by atoms with Gasteiger partial charge in [-0.25, -0.2) is 4.98 Å². The second kappa shape index (κ2) is 6.76. The van der Waals surface area contributed by atoms with E-state index in [0.717, 1.165) is 15.6 Å². The normalized spacial score (nSPS) is 12.0. The number of nitrogens with one attached hydrogen (secondary N) is 1. The van der Waals surface area contributed by atoms with Crippen molar-refractivity contribution in [3.63, 3.8) is 0 Å². The lowest BCUT2D eigenvalue weighted by Gasteiger charge is -2.22. The van der Waals surface area contributed by atoms with Crippen LogP contribution < -0.4 is 5.32 Å². The number of hydrogen-bond acceptors (Lipinski definition) is 7. The monoisotopic (exact) mass is 337 g/mol. The van der Waals surface area contributed by atoms with Crippen molar-refractivity contribution in [2.75, 3.05) is 14.1 Å². The van der Waals surface area contributed by atoms with Crippen LogP contribution in [0, 0.1) is 13.8 Å². The SMILES string of the molecule is Cc1nc(CC(=O)NC(C)(C)c2noc(CN(C)C)n2)c(C)s1. The Kier molecular flexibility index (Phi) is 5.16. The van der Waals surface area contributed by atoms with Gasteiger partial charge in [0.2, 0.25) is 11.8 Å². The maximum Gasteiger partial charge on any atom is 0.240 e. The Bertz CT molecular complexity index is 690. The van der Waals surface area contributed by atoms with Crippen LogP contribution in [0.25, 0.3) is 0 Å². The van der Waals surface area contributed by atoms with Gasteiger partial charge in [-0.2, -0.15) is 4.98 Å². The number of nitrogens with zero attached hydrogens (tertiary/aromatic N) is 4. The average Bonchev–Trinajstić information content (AvgIpc) is 2.96. The molecular weight excluding hydrogens is 314 g/mol. The van der Waals surface area contributed by atoms with Crippen molar-refractivity contribution in [2.45, 2.75) is 46.2 Å². The van der Waals surface area contributed by atoms with Gasteiger partial charge in [0.15, 0.2) is 5.82 Å². The third-order valence-electron chi connectivity index (χ3n) is 3.26. The molecule has 0 atom stereocenters. The summed E-state index contributed by atoms with van der Waals surface area (Å²) in [6, 6.07) is 0. The number of aromatic nitrogens is 3. The van der Waals surface area contributed by atoms with Gasteiger partial charge < -0.3 is 14.7 Å². The summed E-state index contributed by atoms with van der Waals surface area (Å²) in [4.78, 5) is 24.1. The fraction of sp³-hybridized carbons (Fsp3) is 0.600. The third kappa shape index (κ3) is 4.59. The molecule has 2 aromatic rings. The van der Waals surface area contributed by atoms with Gasteiger partial charge in [0.25, 0.3) is 0 Å². The topological polar surface area (TPSA) is 84.2 Å². The minimum Gasteiger partial charge on any atom is -0.343 e. The molecule has 7 nitrogen and oxygen atoms in total. The van der Waals surface area contributed by atoms with E-state index in [-0.39, 0.29) is 12.3 Å². The fourth-order valence-corrected chi connectivity index (χ4v) is 3.01. The Balaban J connectivity index is 2.03. The van der Waals surface area contributed by atoms with Crippen molar-refractivity contribution in [1.82, 2.24) is 25.3 Å². The van der Waals surface area contributed by atoms with E-state index in [1.807, 2.05) is 46.7 Å². The highest BCUT2D eigenvalue weighted by Crippen LogP contribution is 2.19. The Labute approximate surface area is 140 Å². The van der Waals surface area contributed by atoms with Gasteiger partial charge in [0.1, 0.15) is 0 Å². The molecule has 0 spiro atoms. The van der Waals surface area contributed by atoms with E-state index in [2.05, 4.69) is 20.4 Å². The van der Waals surface area contributed by atoms with Crippen molar-refractivity contribution >= 4 is 17.2 Å². The van der Waals surface area contributed by atoms with E-state index in [0.29, 0.717) is 18.3 Å². The van der Waals surface area contributed by atoms with Crippen molar-refractivity contribution in [2.24, 2.45) is 0 Å². The largest absolute Gasteiger partial charge is 0.343 e. The highest BCUT2D eigenvalue weighted by atomic mass is 32.1. The van der Waals surface area contributed by atoms with Gasteiger partial charge in [-0.1, -0.05) is 5.16 Å². The number of hydrogen-bond donors (Lipinski definition) is 1. The van der Waals surface area contributed by atoms with Gasteiger partial charge >= 0.3 is 0 Å². The zero-order valence-corrected chi connectivity index (χ0v) is 15.2. The first-order valence-corrected chi connectivity index (χ1v) is 8.20. The molecule has 2 rings (SSSR count). The molecule has 2 heterocycles. The molecular formula is C15H23N5O2S. The van der Waals surface area contributed by atoms with E-state index in [9.17, 15) is 4.79 Å². The van der Waals surface area contributed by atoms with Crippen LogP contribution >= 0.6 is 11.3 Å². The van der Waals surface area contributed by atoms with Gasteiger partial charge in [-0.3, -0.25) is 4.79 Å². The summed E-state index contributed by atoms with van der Waals surface area (Å²) in [5.74, 6) is 0.884. The Morgan fingerprint density at radius 2 is 2.00 bits per heavy atom. The van der Waals surface area contributed by atoms with E-state index in [1.54, 1.807) is 11.3 Å². The number of aryl methyl sites for hydroxylation is 2. The number of carbonyl (C=O) groups is 1. The molecule has 0 fully saturated rings.